The predicted molar refractivity (Wildman–Crippen MR) is 155 cm³/mol. The van der Waals surface area contributed by atoms with Crippen molar-refractivity contribution in [3.05, 3.63) is 50.9 Å². The Morgan fingerprint density at radius 1 is 0.897 bits per heavy atom. The van der Waals surface area contributed by atoms with E-state index in [0.29, 0.717) is 16.6 Å². The van der Waals surface area contributed by atoms with Gasteiger partial charge in [0.1, 0.15) is 11.0 Å². The smallest absolute Gasteiger partial charge is 0.339 e. The minimum atomic E-state index is -0.485. The maximum Gasteiger partial charge on any atom is 0.339 e. The summed E-state index contributed by atoms with van der Waals surface area (Å²) < 4.78 is 9.10. The van der Waals surface area contributed by atoms with E-state index in [1.54, 1.807) is 6.07 Å². The van der Waals surface area contributed by atoms with Crippen LogP contribution in [0.15, 0.2) is 24.5 Å². The zero-order valence-electron chi connectivity index (χ0n) is 22.7. The molecule has 0 aliphatic carbocycles. The molecule has 4 rings (SSSR count). The molecule has 2 aliphatic rings. The fourth-order valence-corrected chi connectivity index (χ4v) is 4.39. The first-order chi connectivity index (χ1) is 18.7. The summed E-state index contributed by atoms with van der Waals surface area (Å²) in [4.78, 5) is 32.5. The molecular formula is C26H37Cl3N6O4. The number of piperazine rings is 2. The van der Waals surface area contributed by atoms with Gasteiger partial charge in [-0.15, -0.1) is 0 Å². The lowest BCUT2D eigenvalue weighted by molar-refractivity contribution is 0.0591. The highest BCUT2D eigenvalue weighted by Crippen LogP contribution is 2.25. The standard InChI is InChI=1S/C13H18ClN3O2.C7H5Cl2NO2.C6H14N2/c1-3-10-8-17(5-4-15-10)12-11(14)6-9(7-16-12)13(18)19-2;1-12-7(11)4-2-5(8)6(9)10-3-4;1-2-6-5-7-3-4-8-6/h6-7,10,15H,3-5,8H2,1-2H3;2-3H,1H3;6-8H,2-5H2,1H3/t10-;;6-/m0.0/s1. The number of halogens is 3. The summed E-state index contributed by atoms with van der Waals surface area (Å²) in [6.07, 6.45) is 5.12. The second-order valence-electron chi connectivity index (χ2n) is 8.78. The van der Waals surface area contributed by atoms with Gasteiger partial charge >= 0.3 is 11.9 Å². The molecule has 216 valence electrons. The average Bonchev–Trinajstić information content (AvgIpc) is 2.98. The van der Waals surface area contributed by atoms with Gasteiger partial charge < -0.3 is 30.3 Å². The summed E-state index contributed by atoms with van der Waals surface area (Å²) >= 11 is 17.4. The molecule has 3 N–H and O–H groups in total. The van der Waals surface area contributed by atoms with Crippen molar-refractivity contribution < 1.29 is 19.1 Å². The number of methoxy groups -OCH3 is 2. The van der Waals surface area contributed by atoms with Gasteiger partial charge in [-0.3, -0.25) is 0 Å². The first-order valence-electron chi connectivity index (χ1n) is 12.8. The monoisotopic (exact) mass is 602 g/mol. The van der Waals surface area contributed by atoms with Crippen molar-refractivity contribution in [3.8, 4) is 0 Å². The predicted octanol–water partition coefficient (Wildman–Crippen LogP) is 3.84. The third-order valence-electron chi connectivity index (χ3n) is 6.13. The molecule has 0 radical (unpaired) electrons. The third kappa shape index (κ3) is 10.7. The number of rotatable bonds is 5. The maximum absolute atomic E-state index is 11.4. The van der Waals surface area contributed by atoms with Gasteiger partial charge in [-0.05, 0) is 25.0 Å². The zero-order chi connectivity index (χ0) is 28.8. The minimum Gasteiger partial charge on any atom is -0.465 e. The van der Waals surface area contributed by atoms with Crippen LogP contribution in [-0.2, 0) is 9.47 Å². The number of ether oxygens (including phenoxy) is 2. The summed E-state index contributed by atoms with van der Waals surface area (Å²) in [5.74, 6) is -0.178. The SMILES string of the molecule is CC[C@H]1CN(c2ncc(C(=O)OC)cc2Cl)CCN1.CC[C@H]1CNCCN1.COC(=O)c1cnc(Cl)c(Cl)c1. The second kappa shape index (κ2) is 17.5. The summed E-state index contributed by atoms with van der Waals surface area (Å²) in [5.41, 5.74) is 0.658. The van der Waals surface area contributed by atoms with E-state index in [4.69, 9.17) is 34.8 Å². The Bertz CT molecular complexity index is 1070. The van der Waals surface area contributed by atoms with E-state index in [9.17, 15) is 9.59 Å². The molecule has 0 spiro atoms. The number of anilines is 1. The second-order valence-corrected chi connectivity index (χ2v) is 9.95. The van der Waals surface area contributed by atoms with E-state index in [1.807, 2.05) is 0 Å². The highest BCUT2D eigenvalue weighted by molar-refractivity contribution is 6.41. The summed E-state index contributed by atoms with van der Waals surface area (Å²) in [6, 6.07) is 4.19. The third-order valence-corrected chi connectivity index (χ3v) is 7.09. The van der Waals surface area contributed by atoms with Crippen molar-refractivity contribution in [2.75, 3.05) is 58.4 Å². The van der Waals surface area contributed by atoms with Gasteiger partial charge in [0.25, 0.3) is 0 Å². The molecule has 13 heteroatoms. The van der Waals surface area contributed by atoms with Gasteiger partial charge in [0.2, 0.25) is 0 Å². The van der Waals surface area contributed by atoms with Crippen molar-refractivity contribution in [1.82, 2.24) is 25.9 Å². The number of nitrogens with zero attached hydrogens (tertiary/aromatic N) is 3. The van der Waals surface area contributed by atoms with Crippen molar-refractivity contribution >= 4 is 52.6 Å². The van der Waals surface area contributed by atoms with Crippen molar-refractivity contribution in [1.29, 1.82) is 0 Å². The van der Waals surface area contributed by atoms with E-state index in [1.165, 1.54) is 39.1 Å². The number of nitrogens with one attached hydrogen (secondary N) is 3. The number of carbonyl (C=O) groups excluding carboxylic acids is 2. The Hall–Kier alpha value is -2.21. The van der Waals surface area contributed by atoms with E-state index in [0.717, 1.165) is 57.5 Å². The molecule has 0 amide bonds. The van der Waals surface area contributed by atoms with E-state index in [2.05, 4.69) is 54.1 Å². The molecule has 0 saturated carbocycles. The molecule has 4 heterocycles. The van der Waals surface area contributed by atoms with Gasteiger partial charge in [0.05, 0.1) is 35.4 Å². The molecule has 39 heavy (non-hydrogen) atoms. The summed E-state index contributed by atoms with van der Waals surface area (Å²) in [6.45, 7) is 10.4. The van der Waals surface area contributed by atoms with Crippen LogP contribution >= 0.6 is 34.8 Å². The topological polar surface area (TPSA) is 118 Å². The first kappa shape index (κ1) is 33.0. The normalized spacial score (nSPS) is 18.6. The number of esters is 2. The van der Waals surface area contributed by atoms with Gasteiger partial charge in [0, 0.05) is 63.7 Å². The van der Waals surface area contributed by atoms with Crippen molar-refractivity contribution in [2.45, 2.75) is 38.8 Å². The van der Waals surface area contributed by atoms with Gasteiger partial charge in [-0.25, -0.2) is 19.6 Å². The first-order valence-corrected chi connectivity index (χ1v) is 13.9. The molecule has 0 aromatic carbocycles. The van der Waals surface area contributed by atoms with Crippen LogP contribution < -0.4 is 20.9 Å². The molecule has 0 bridgehead atoms. The molecular weight excluding hydrogens is 567 g/mol. The number of aromatic nitrogens is 2. The number of hydrogen-bond donors (Lipinski definition) is 3. The van der Waals surface area contributed by atoms with E-state index in [-0.39, 0.29) is 15.7 Å². The molecule has 2 saturated heterocycles. The maximum atomic E-state index is 11.4. The van der Waals surface area contributed by atoms with Crippen LogP contribution in [0, 0.1) is 0 Å². The minimum absolute atomic E-state index is 0.171. The van der Waals surface area contributed by atoms with Crippen LogP contribution in [-0.4, -0.2) is 87.5 Å². The number of hydrogen-bond acceptors (Lipinski definition) is 10. The molecule has 2 aromatic rings. The summed E-state index contributed by atoms with van der Waals surface area (Å²) in [5, 5.41) is 11.1. The van der Waals surface area contributed by atoms with Crippen molar-refractivity contribution in [2.24, 2.45) is 0 Å². The zero-order valence-corrected chi connectivity index (χ0v) is 25.0. The van der Waals surface area contributed by atoms with E-state index < -0.39 is 11.9 Å². The Morgan fingerprint density at radius 2 is 1.49 bits per heavy atom. The molecule has 2 aliphatic heterocycles. The molecule has 0 unspecified atom stereocenters. The van der Waals surface area contributed by atoms with Gasteiger partial charge in [-0.1, -0.05) is 48.7 Å². The van der Waals surface area contributed by atoms with Crippen LogP contribution in [0.3, 0.4) is 0 Å². The fraction of sp³-hybridized carbons (Fsp3) is 0.538. The highest BCUT2D eigenvalue weighted by Gasteiger charge is 2.21. The molecule has 2 fully saturated rings. The number of carbonyl (C=O) groups is 2. The van der Waals surface area contributed by atoms with Crippen molar-refractivity contribution in [3.63, 3.8) is 0 Å². The van der Waals surface area contributed by atoms with Crippen LogP contribution in [0.25, 0.3) is 0 Å². The lowest BCUT2D eigenvalue weighted by Crippen LogP contribution is -2.50. The fourth-order valence-electron chi connectivity index (χ4n) is 3.84. The molecule has 2 aromatic heterocycles. The average molecular weight is 604 g/mol. The van der Waals surface area contributed by atoms with Gasteiger partial charge in [0.15, 0.2) is 0 Å². The largest absolute Gasteiger partial charge is 0.465 e. The Balaban J connectivity index is 0.000000227. The van der Waals surface area contributed by atoms with Gasteiger partial charge in [-0.2, -0.15) is 0 Å². The van der Waals surface area contributed by atoms with Crippen LogP contribution in [0.2, 0.25) is 15.2 Å². The lowest BCUT2D eigenvalue weighted by Gasteiger charge is -2.34. The number of pyridine rings is 2. The Kier molecular flexibility index (Phi) is 14.8. The molecule has 10 nitrogen and oxygen atoms in total. The van der Waals surface area contributed by atoms with E-state index >= 15 is 0 Å². The van der Waals surface area contributed by atoms with Crippen LogP contribution in [0.4, 0.5) is 5.82 Å². The van der Waals surface area contributed by atoms with Crippen LogP contribution in [0.1, 0.15) is 47.4 Å². The highest BCUT2D eigenvalue weighted by atomic mass is 35.5. The quantitative estimate of drug-likeness (QED) is 0.344. The molecule has 2 atom stereocenters. The Labute approximate surface area is 245 Å². The summed E-state index contributed by atoms with van der Waals surface area (Å²) in [7, 11) is 2.62. The van der Waals surface area contributed by atoms with Crippen LogP contribution in [0.5, 0.6) is 0 Å². The lowest BCUT2D eigenvalue weighted by atomic mass is 10.1. The Morgan fingerprint density at radius 3 is 1.97 bits per heavy atom.